The molecule has 3 aliphatic heterocycles. The molecule has 3 heterocycles. The predicted molar refractivity (Wildman–Crippen MR) is 253 cm³/mol. The Morgan fingerprint density at radius 3 is 1.74 bits per heavy atom. The second-order valence-corrected chi connectivity index (χ2v) is 20.0. The number of ether oxygens (including phenoxy) is 8. The van der Waals surface area contributed by atoms with Crippen LogP contribution in [0.5, 0.6) is 0 Å². The fraction of sp³-hybridized carbons (Fsp3) is 0.612. The van der Waals surface area contributed by atoms with Crippen molar-refractivity contribution in [3.05, 3.63) is 71.8 Å². The van der Waals surface area contributed by atoms with Gasteiger partial charge in [0.2, 0.25) is 11.8 Å². The summed E-state index contributed by atoms with van der Waals surface area (Å²) in [6.45, 7) is 6.52. The van der Waals surface area contributed by atoms with E-state index in [9.17, 15) is 28.8 Å². The quantitative estimate of drug-likeness (QED) is 0.0253. The molecule has 2 unspecified atom stereocenters. The molecule has 2 aromatic rings. The van der Waals surface area contributed by atoms with Crippen LogP contribution in [0, 0.1) is 11.8 Å². The van der Waals surface area contributed by atoms with Crippen LogP contribution in [0.3, 0.4) is 0 Å². The molecule has 5 fully saturated rings. The SMILES string of the molecule is CCOC(=O)[C@@H]1CC2(CCC1N1CC[C@H](NC(=O)OCc3ccccc3)C1=O)OCCO2.CCOC(=O)[C@@H]1CC2(CCC1NC(=O)[C@H](CC[S+](C)C)NC(=O)OCc1ccccc1)OCCO2.O=CO[O-].[Cs+].[Cs+].[H-].[I-]. The number of benzene rings is 2. The van der Waals surface area contributed by atoms with Gasteiger partial charge in [-0.3, -0.25) is 24.0 Å². The standard InChI is InChI=1S/C25H36N2O7S.C23H30N2O7.CH2O3.2Cs.HI.H/c1-4-31-23(29)19-16-25(33-13-14-34-25)12-10-20(19)26-22(28)21(11-15-35(2)3)27-24(30)32-17-18-8-6-5-7-9-18;1-2-29-21(27)17-14-23(31-12-13-32-23)10-8-19(17)25-11-9-18(20(25)26)24-22(28)30-15-16-6-4-3-5-7-16;2-1-4-3;;;;/h5-9,19-21H,4,10-17H2,1-3H3,(H-,26,27,28,30);3-7,17-19H,2,8-15H2,1H3,(H,24,28);1,3H;;;1H;/q;;;2*+1;;-1/p-1/t19-,20?,21+;17-,18+,19?;;;;;/m11...../s1. The Bertz CT molecular complexity index is 2050. The van der Waals surface area contributed by atoms with Crippen LogP contribution in [0.2, 0.25) is 0 Å². The van der Waals surface area contributed by atoms with E-state index in [-0.39, 0.29) is 237 Å². The van der Waals surface area contributed by atoms with E-state index < -0.39 is 53.7 Å². The van der Waals surface area contributed by atoms with Gasteiger partial charge in [-0.15, -0.1) is 0 Å². The second-order valence-electron chi connectivity index (χ2n) is 17.6. The molecule has 2 aliphatic carbocycles. The molecule has 2 spiro atoms. The molecule has 4 amide bonds. The molecule has 2 saturated carbocycles. The predicted octanol–water partition coefficient (Wildman–Crippen LogP) is -6.31. The van der Waals surface area contributed by atoms with Crippen molar-refractivity contribution in [2.45, 2.75) is 114 Å². The van der Waals surface area contributed by atoms with Gasteiger partial charge in [0.1, 0.15) is 31.1 Å². The Balaban J connectivity index is 0.000000668. The molecule has 0 radical (unpaired) electrons. The van der Waals surface area contributed by atoms with Gasteiger partial charge in [-0.05, 0) is 55.1 Å². The summed E-state index contributed by atoms with van der Waals surface area (Å²) in [7, 11) is 0.0901. The van der Waals surface area contributed by atoms with Crippen molar-refractivity contribution in [3.63, 3.8) is 0 Å². The largest absolute Gasteiger partial charge is 1.00 e. The molecule has 5 aliphatic rings. The number of hydrogen-bond donors (Lipinski definition) is 3. The first kappa shape index (κ1) is 69.4. The smallest absolute Gasteiger partial charge is 1.00 e. The maximum atomic E-state index is 13.3. The summed E-state index contributed by atoms with van der Waals surface area (Å²) in [4.78, 5) is 89.5. The van der Waals surface area contributed by atoms with Crippen molar-refractivity contribution in [1.82, 2.24) is 20.9 Å². The van der Waals surface area contributed by atoms with Crippen LogP contribution < -0.4 is 183 Å². The normalized spacial score (nSPS) is 22.3. The first-order valence-corrected chi connectivity index (χ1v) is 26.2. The van der Waals surface area contributed by atoms with Crippen molar-refractivity contribution in [1.29, 1.82) is 0 Å². The first-order valence-electron chi connectivity index (χ1n) is 24.0. The molecule has 0 aromatic heterocycles. The van der Waals surface area contributed by atoms with E-state index >= 15 is 0 Å². The van der Waals surface area contributed by atoms with E-state index in [1.165, 1.54) is 0 Å². The van der Waals surface area contributed by atoms with Gasteiger partial charge in [0.15, 0.2) is 11.6 Å². The van der Waals surface area contributed by atoms with E-state index in [0.717, 1.165) is 16.9 Å². The van der Waals surface area contributed by atoms with E-state index in [2.05, 4.69) is 33.3 Å². The zero-order valence-electron chi connectivity index (χ0n) is 44.2. The van der Waals surface area contributed by atoms with Gasteiger partial charge in [-0.2, -0.15) is 0 Å². The summed E-state index contributed by atoms with van der Waals surface area (Å²) >= 11 is 0. The number of alkyl carbamates (subject to hydrolysis) is 2. The maximum Gasteiger partial charge on any atom is 1.00 e. The monoisotopic (exact) mass is 1410 g/mol. The minimum Gasteiger partial charge on any atom is -1.00 e. The maximum absolute atomic E-state index is 13.3. The number of likely N-dealkylation sites (tertiary alicyclic amines) is 1. The van der Waals surface area contributed by atoms with Crippen LogP contribution in [0.4, 0.5) is 9.59 Å². The molecule has 3 N–H and O–H groups in total. The third-order valence-electron chi connectivity index (χ3n) is 12.6. The molecule has 7 rings (SSSR count). The molecule has 21 nitrogen and oxygen atoms in total. The minimum atomic E-state index is -0.795. The molecule has 402 valence electrons. The van der Waals surface area contributed by atoms with Crippen LogP contribution in [0.1, 0.15) is 77.8 Å². The number of hydrogen-bond acceptors (Lipinski definition) is 17. The van der Waals surface area contributed by atoms with Crippen LogP contribution in [-0.2, 0) is 90.9 Å². The zero-order valence-corrected chi connectivity index (χ0v) is 58.8. The van der Waals surface area contributed by atoms with Gasteiger partial charge >= 0.3 is 162 Å². The molecular weight excluding hydrogens is 1340 g/mol. The zero-order chi connectivity index (χ0) is 51.2. The van der Waals surface area contributed by atoms with Crippen molar-refractivity contribution in [2.75, 3.05) is 64.5 Å². The second kappa shape index (κ2) is 36.5. The van der Waals surface area contributed by atoms with Gasteiger partial charge < -0.3 is 94.3 Å². The van der Waals surface area contributed by atoms with Crippen LogP contribution in [0.15, 0.2) is 60.7 Å². The number of carbonyl (C=O) groups excluding carboxylic acids is 7. The number of amides is 4. The summed E-state index contributed by atoms with van der Waals surface area (Å²) in [5.41, 5.74) is 1.73. The van der Waals surface area contributed by atoms with Crippen molar-refractivity contribution < 1.29 is 245 Å². The van der Waals surface area contributed by atoms with Gasteiger partial charge in [0, 0.05) is 50.7 Å². The van der Waals surface area contributed by atoms with Crippen molar-refractivity contribution >= 4 is 53.3 Å². The minimum absolute atomic E-state index is 0. The van der Waals surface area contributed by atoms with Gasteiger partial charge in [-0.25, -0.2) is 9.59 Å². The first-order chi connectivity index (χ1) is 34.2. The van der Waals surface area contributed by atoms with E-state index in [0.29, 0.717) is 84.3 Å². The third-order valence-corrected chi connectivity index (χ3v) is 13.7. The number of halogens is 1. The van der Waals surface area contributed by atoms with E-state index in [4.69, 9.17) is 47.9 Å². The number of nitrogens with zero attached hydrogens (tertiary/aromatic N) is 1. The molecular formula is C49H69Cs2IN4O17S. The fourth-order valence-electron chi connectivity index (χ4n) is 9.23. The number of nitrogens with one attached hydrogen (secondary N) is 3. The summed E-state index contributed by atoms with van der Waals surface area (Å²) in [5.74, 6) is -3.19. The van der Waals surface area contributed by atoms with Gasteiger partial charge in [0.05, 0.1) is 64.0 Å². The Morgan fingerprint density at radius 2 is 1.24 bits per heavy atom. The van der Waals surface area contributed by atoms with Crippen molar-refractivity contribution in [2.24, 2.45) is 11.8 Å². The molecule has 0 bridgehead atoms. The Morgan fingerprint density at radius 1 is 0.757 bits per heavy atom. The van der Waals surface area contributed by atoms with E-state index in [1.807, 2.05) is 60.7 Å². The molecule has 3 saturated heterocycles. The van der Waals surface area contributed by atoms with Crippen LogP contribution in [0.25, 0.3) is 0 Å². The van der Waals surface area contributed by atoms with Crippen LogP contribution >= 0.6 is 0 Å². The van der Waals surface area contributed by atoms with E-state index in [1.54, 1.807) is 18.7 Å². The van der Waals surface area contributed by atoms with Crippen molar-refractivity contribution in [3.8, 4) is 0 Å². The molecule has 2 aromatic carbocycles. The summed E-state index contributed by atoms with van der Waals surface area (Å²) in [5, 5.41) is 16.8. The third kappa shape index (κ3) is 22.1. The molecule has 25 heteroatoms. The fourth-order valence-corrected chi connectivity index (χ4v) is 9.94. The number of esters is 2. The average molecular weight is 1410 g/mol. The average Bonchev–Trinajstić information content (AvgIpc) is 4.13. The van der Waals surface area contributed by atoms with Gasteiger partial charge in [0.25, 0.3) is 6.47 Å². The Hall–Kier alpha value is -0.686. The van der Waals surface area contributed by atoms with Crippen LogP contribution in [-0.4, -0.2) is 148 Å². The summed E-state index contributed by atoms with van der Waals surface area (Å²) in [6.07, 6.45) is 6.74. The summed E-state index contributed by atoms with van der Waals surface area (Å²) < 4.78 is 44.4. The topological polar surface area (TPSA) is 265 Å². The van der Waals surface area contributed by atoms with Gasteiger partial charge in [-0.1, -0.05) is 60.7 Å². The Kier molecular flexibility index (Phi) is 34.3. The summed E-state index contributed by atoms with van der Waals surface area (Å²) in [6, 6.07) is 16.5. The Labute approximate surface area is 572 Å². The molecule has 6 atom stereocenters. The molecule has 74 heavy (non-hydrogen) atoms. The number of rotatable bonds is 17. The number of carbonyl (C=O) groups is 7.